The zero-order chi connectivity index (χ0) is 23.7. The van der Waals surface area contributed by atoms with Crippen molar-refractivity contribution in [3.63, 3.8) is 0 Å². The Morgan fingerprint density at radius 3 is 2.28 bits per heavy atom. The van der Waals surface area contributed by atoms with E-state index in [2.05, 4.69) is 0 Å². The SMILES string of the molecule is COC(=O)c1c(/C=C/c2ccccc2)cc(OC)c(CC=C(C)C)c1OC(=O)CN(C)C. The Morgan fingerprint density at radius 2 is 1.72 bits per heavy atom. The van der Waals surface area contributed by atoms with Gasteiger partial charge in [0.05, 0.1) is 20.8 Å². The van der Waals surface area contributed by atoms with E-state index < -0.39 is 11.9 Å². The molecule has 0 saturated carbocycles. The average Bonchev–Trinajstić information content (AvgIpc) is 2.75. The Kier molecular flexibility index (Phi) is 9.22. The van der Waals surface area contributed by atoms with Crippen molar-refractivity contribution in [1.29, 1.82) is 0 Å². The van der Waals surface area contributed by atoms with Gasteiger partial charge in [-0.15, -0.1) is 0 Å². The maximum atomic E-state index is 12.8. The number of esters is 2. The van der Waals surface area contributed by atoms with Crippen LogP contribution in [0.25, 0.3) is 12.2 Å². The second-order valence-corrected chi connectivity index (χ2v) is 7.78. The van der Waals surface area contributed by atoms with Gasteiger partial charge in [-0.05, 0) is 51.6 Å². The number of carbonyl (C=O) groups is 2. The van der Waals surface area contributed by atoms with Gasteiger partial charge < -0.3 is 14.2 Å². The first-order valence-electron chi connectivity index (χ1n) is 10.3. The largest absolute Gasteiger partial charge is 0.496 e. The highest BCUT2D eigenvalue weighted by Crippen LogP contribution is 2.38. The summed E-state index contributed by atoms with van der Waals surface area (Å²) in [6, 6.07) is 11.5. The normalized spacial score (nSPS) is 10.8. The Bertz CT molecular complexity index is 1000. The number of rotatable bonds is 9. The van der Waals surface area contributed by atoms with Gasteiger partial charge in [0.25, 0.3) is 0 Å². The van der Waals surface area contributed by atoms with Gasteiger partial charge in [0.2, 0.25) is 0 Å². The van der Waals surface area contributed by atoms with Crippen LogP contribution in [0.1, 0.15) is 40.9 Å². The molecule has 0 saturated heterocycles. The van der Waals surface area contributed by atoms with E-state index in [1.54, 1.807) is 38.2 Å². The first kappa shape index (κ1) is 24.9. The second-order valence-electron chi connectivity index (χ2n) is 7.78. The maximum absolute atomic E-state index is 12.8. The average molecular weight is 438 g/mol. The molecule has 0 aromatic heterocycles. The summed E-state index contributed by atoms with van der Waals surface area (Å²) < 4.78 is 16.4. The molecular weight excluding hydrogens is 406 g/mol. The van der Waals surface area contributed by atoms with Crippen molar-refractivity contribution in [2.75, 3.05) is 34.9 Å². The highest BCUT2D eigenvalue weighted by atomic mass is 16.5. The van der Waals surface area contributed by atoms with Crippen molar-refractivity contribution in [3.8, 4) is 11.5 Å². The highest BCUT2D eigenvalue weighted by molar-refractivity contribution is 5.99. The van der Waals surface area contributed by atoms with Crippen LogP contribution in [0.5, 0.6) is 11.5 Å². The molecule has 6 nitrogen and oxygen atoms in total. The molecule has 170 valence electrons. The van der Waals surface area contributed by atoms with E-state index in [0.29, 0.717) is 23.3 Å². The molecule has 0 radical (unpaired) electrons. The molecule has 0 bridgehead atoms. The molecule has 0 fully saturated rings. The lowest BCUT2D eigenvalue weighted by Gasteiger charge is -2.19. The summed E-state index contributed by atoms with van der Waals surface area (Å²) >= 11 is 0. The minimum atomic E-state index is -0.591. The van der Waals surface area contributed by atoms with E-state index in [9.17, 15) is 9.59 Å². The number of methoxy groups -OCH3 is 2. The first-order chi connectivity index (χ1) is 15.3. The number of benzene rings is 2. The molecule has 32 heavy (non-hydrogen) atoms. The molecule has 0 aliphatic rings. The van der Waals surface area contributed by atoms with Crippen molar-refractivity contribution in [1.82, 2.24) is 4.90 Å². The number of carbonyl (C=O) groups excluding carboxylic acids is 2. The lowest BCUT2D eigenvalue weighted by Crippen LogP contribution is -2.26. The molecule has 0 amide bonds. The zero-order valence-electron chi connectivity index (χ0n) is 19.6. The number of hydrogen-bond acceptors (Lipinski definition) is 6. The van der Waals surface area contributed by atoms with Gasteiger partial charge in [0.15, 0.2) is 5.75 Å². The molecular formula is C26H31NO5. The summed E-state index contributed by atoms with van der Waals surface area (Å²) in [5.41, 5.74) is 3.38. The number of hydrogen-bond donors (Lipinski definition) is 0. The van der Waals surface area contributed by atoms with Gasteiger partial charge in [0, 0.05) is 5.56 Å². The van der Waals surface area contributed by atoms with Gasteiger partial charge in [-0.25, -0.2) is 4.79 Å². The van der Waals surface area contributed by atoms with E-state index in [4.69, 9.17) is 14.2 Å². The monoisotopic (exact) mass is 437 g/mol. The predicted octanol–water partition coefficient (Wildman–Crippen LogP) is 4.63. The smallest absolute Gasteiger partial charge is 0.342 e. The Labute approximate surface area is 190 Å². The molecule has 0 aliphatic heterocycles. The third-order valence-corrected chi connectivity index (χ3v) is 4.61. The summed E-state index contributed by atoms with van der Waals surface area (Å²) in [6.45, 7) is 4.01. The number of ether oxygens (including phenoxy) is 3. The first-order valence-corrected chi connectivity index (χ1v) is 10.3. The van der Waals surface area contributed by atoms with Crippen LogP contribution < -0.4 is 9.47 Å². The van der Waals surface area contributed by atoms with Gasteiger partial charge in [-0.3, -0.25) is 9.69 Å². The number of nitrogens with zero attached hydrogens (tertiary/aromatic N) is 1. The Hall–Kier alpha value is -3.38. The standard InChI is InChI=1S/C26H31NO5/c1-18(2)12-15-21-22(30-5)16-20(14-13-19-10-8-7-9-11-19)24(26(29)31-6)25(21)32-23(28)17-27(3)4/h7-14,16H,15,17H2,1-6H3/b14-13+. The summed E-state index contributed by atoms with van der Waals surface area (Å²) in [4.78, 5) is 27.1. The van der Waals surface area contributed by atoms with E-state index in [1.807, 2.05) is 56.3 Å². The van der Waals surface area contributed by atoms with Crippen LogP contribution in [-0.4, -0.2) is 51.7 Å². The van der Waals surface area contributed by atoms with Crippen molar-refractivity contribution in [3.05, 3.63) is 70.3 Å². The third-order valence-electron chi connectivity index (χ3n) is 4.61. The Balaban J connectivity index is 2.73. The molecule has 0 unspecified atom stereocenters. The van der Waals surface area contributed by atoms with Gasteiger partial charge >= 0.3 is 11.9 Å². The molecule has 0 heterocycles. The van der Waals surface area contributed by atoms with Crippen LogP contribution in [0.2, 0.25) is 0 Å². The summed E-state index contributed by atoms with van der Waals surface area (Å²) in [5, 5.41) is 0. The summed E-state index contributed by atoms with van der Waals surface area (Å²) in [5.74, 6) is -0.389. The van der Waals surface area contributed by atoms with Crippen molar-refractivity contribution in [2.45, 2.75) is 20.3 Å². The minimum Gasteiger partial charge on any atom is -0.496 e. The molecule has 6 heteroatoms. The van der Waals surface area contributed by atoms with E-state index in [-0.39, 0.29) is 17.9 Å². The Morgan fingerprint density at radius 1 is 1.03 bits per heavy atom. The van der Waals surface area contributed by atoms with Gasteiger partial charge in [0.1, 0.15) is 11.3 Å². The molecule has 0 N–H and O–H groups in total. The third kappa shape index (κ3) is 6.82. The zero-order valence-corrected chi connectivity index (χ0v) is 19.6. The molecule has 2 aromatic carbocycles. The van der Waals surface area contributed by atoms with Gasteiger partial charge in [-0.2, -0.15) is 0 Å². The number of likely N-dealkylation sites (N-methyl/N-ethyl adjacent to an activating group) is 1. The van der Waals surface area contributed by atoms with Crippen molar-refractivity contribution < 1.29 is 23.8 Å². The van der Waals surface area contributed by atoms with Crippen molar-refractivity contribution >= 4 is 24.1 Å². The molecule has 0 aliphatic carbocycles. The topological polar surface area (TPSA) is 65.1 Å². The lowest BCUT2D eigenvalue weighted by molar-refractivity contribution is -0.135. The molecule has 0 atom stereocenters. The van der Waals surface area contributed by atoms with Gasteiger partial charge in [-0.1, -0.05) is 54.1 Å². The summed E-state index contributed by atoms with van der Waals surface area (Å²) in [6.07, 6.45) is 6.09. The summed E-state index contributed by atoms with van der Waals surface area (Å²) in [7, 11) is 6.39. The van der Waals surface area contributed by atoms with Crippen LogP contribution in [0.4, 0.5) is 0 Å². The molecule has 2 aromatic rings. The van der Waals surface area contributed by atoms with Crippen LogP contribution >= 0.6 is 0 Å². The van der Waals surface area contributed by atoms with Crippen LogP contribution in [0.3, 0.4) is 0 Å². The van der Waals surface area contributed by atoms with Crippen molar-refractivity contribution in [2.24, 2.45) is 0 Å². The fraction of sp³-hybridized carbons (Fsp3) is 0.308. The van der Waals surface area contributed by atoms with Crippen LogP contribution in [0, 0.1) is 0 Å². The number of allylic oxidation sites excluding steroid dienone is 2. The molecule has 0 spiro atoms. The second kappa shape index (κ2) is 11.9. The molecule has 2 rings (SSSR count). The minimum absolute atomic E-state index is 0.0646. The highest BCUT2D eigenvalue weighted by Gasteiger charge is 2.26. The quantitative estimate of drug-likeness (QED) is 0.247. The van der Waals surface area contributed by atoms with E-state index >= 15 is 0 Å². The van der Waals surface area contributed by atoms with E-state index in [1.165, 1.54) is 7.11 Å². The van der Waals surface area contributed by atoms with Crippen LogP contribution in [0.15, 0.2) is 48.0 Å². The fourth-order valence-electron chi connectivity index (χ4n) is 3.09. The van der Waals surface area contributed by atoms with Crippen LogP contribution in [-0.2, 0) is 16.0 Å². The lowest BCUT2D eigenvalue weighted by atomic mass is 9.97. The predicted molar refractivity (Wildman–Crippen MR) is 127 cm³/mol. The fourth-order valence-corrected chi connectivity index (χ4v) is 3.09. The van der Waals surface area contributed by atoms with E-state index in [0.717, 1.165) is 11.1 Å². The maximum Gasteiger partial charge on any atom is 0.342 e.